The van der Waals surface area contributed by atoms with Gasteiger partial charge >= 0.3 is 0 Å². The molecule has 140 valence electrons. The number of H-pyrrole nitrogens is 1. The van der Waals surface area contributed by atoms with Gasteiger partial charge in [-0.2, -0.15) is 0 Å². The van der Waals surface area contributed by atoms with Crippen molar-refractivity contribution in [2.24, 2.45) is 17.8 Å². The molecule has 8 heteroatoms. The maximum Gasteiger partial charge on any atom is 0.284 e. The lowest BCUT2D eigenvalue weighted by Crippen LogP contribution is -2.49. The highest BCUT2D eigenvalue weighted by Crippen LogP contribution is 2.60. The molecule has 4 fully saturated rings. The molecule has 4 aliphatic carbocycles. The van der Waals surface area contributed by atoms with Crippen LogP contribution in [0.4, 0.5) is 5.69 Å². The summed E-state index contributed by atoms with van der Waals surface area (Å²) in [6.45, 7) is 0. The van der Waals surface area contributed by atoms with Crippen LogP contribution < -0.4 is 0 Å². The summed E-state index contributed by atoms with van der Waals surface area (Å²) in [6.07, 6.45) is 8.27. The Labute approximate surface area is 160 Å². The van der Waals surface area contributed by atoms with E-state index in [1.165, 1.54) is 56.4 Å². The van der Waals surface area contributed by atoms with Crippen molar-refractivity contribution in [3.05, 3.63) is 39.7 Å². The molecule has 1 aromatic heterocycles. The van der Waals surface area contributed by atoms with E-state index in [-0.39, 0.29) is 16.7 Å². The number of rotatable bonds is 5. The highest BCUT2D eigenvalue weighted by atomic mass is 32.2. The van der Waals surface area contributed by atoms with E-state index in [1.807, 2.05) is 0 Å². The van der Waals surface area contributed by atoms with Gasteiger partial charge in [-0.15, -0.1) is 5.10 Å². The predicted octanol–water partition coefficient (Wildman–Crippen LogP) is 4.14. The van der Waals surface area contributed by atoms with E-state index in [1.54, 1.807) is 12.1 Å². The fraction of sp³-hybridized carbons (Fsp3) is 0.526. The first kappa shape index (κ1) is 16.9. The lowest BCUT2D eigenvalue weighted by molar-refractivity contribution is -0.387. The highest BCUT2D eigenvalue weighted by Gasteiger charge is 2.53. The van der Waals surface area contributed by atoms with Gasteiger partial charge in [-0.25, -0.2) is 4.98 Å². The van der Waals surface area contributed by atoms with Crippen LogP contribution in [-0.4, -0.2) is 26.4 Å². The molecule has 1 N–H and O–H groups in total. The third-order valence-corrected chi connectivity index (χ3v) is 7.45. The molecular weight excluding hydrogens is 364 g/mol. The van der Waals surface area contributed by atoms with E-state index < -0.39 is 4.92 Å². The number of carbonyl (C=O) groups excluding carboxylic acids is 1. The number of hydrogen-bond acceptors (Lipinski definition) is 6. The second-order valence-corrected chi connectivity index (χ2v) is 9.38. The summed E-state index contributed by atoms with van der Waals surface area (Å²) in [5.41, 5.74) is 0.314. The number of aromatic nitrogens is 3. The second-order valence-electron chi connectivity index (χ2n) is 8.37. The van der Waals surface area contributed by atoms with E-state index in [2.05, 4.69) is 10.2 Å². The highest BCUT2D eigenvalue weighted by molar-refractivity contribution is 7.99. The number of nitro benzene ring substituents is 1. The molecular formula is C19H20N4O3S. The van der Waals surface area contributed by atoms with E-state index in [0.29, 0.717) is 16.3 Å². The summed E-state index contributed by atoms with van der Waals surface area (Å²) in [4.78, 5) is 27.0. The van der Waals surface area contributed by atoms with Gasteiger partial charge in [0.25, 0.3) is 5.69 Å². The second kappa shape index (κ2) is 6.15. The number of aromatic amines is 1. The largest absolute Gasteiger partial charge is 0.298 e. The van der Waals surface area contributed by atoms with Crippen molar-refractivity contribution in [1.29, 1.82) is 0 Å². The van der Waals surface area contributed by atoms with Crippen molar-refractivity contribution in [2.45, 2.75) is 54.0 Å². The Morgan fingerprint density at radius 1 is 1.19 bits per heavy atom. The van der Waals surface area contributed by atoms with Crippen molar-refractivity contribution in [2.75, 3.05) is 0 Å². The minimum absolute atomic E-state index is 0.0919. The summed E-state index contributed by atoms with van der Waals surface area (Å²) in [6, 6.07) is 4.46. The first-order valence-corrected chi connectivity index (χ1v) is 10.2. The number of nitro groups is 1. The van der Waals surface area contributed by atoms with Gasteiger partial charge in [0.1, 0.15) is 12.1 Å². The summed E-state index contributed by atoms with van der Waals surface area (Å²) >= 11 is 1.18. The fourth-order valence-electron chi connectivity index (χ4n) is 5.86. The Bertz CT molecular complexity index is 890. The predicted molar refractivity (Wildman–Crippen MR) is 98.8 cm³/mol. The fourth-order valence-corrected chi connectivity index (χ4v) is 6.66. The van der Waals surface area contributed by atoms with Crippen LogP contribution in [0.3, 0.4) is 0 Å². The summed E-state index contributed by atoms with van der Waals surface area (Å²) in [5, 5.41) is 19.3. The average Bonchev–Trinajstić information content (AvgIpc) is 3.10. The number of aldehydes is 1. The maximum atomic E-state index is 11.3. The summed E-state index contributed by atoms with van der Waals surface area (Å²) in [5.74, 6) is 3.40. The van der Waals surface area contributed by atoms with Crippen LogP contribution in [0.5, 0.6) is 0 Å². The van der Waals surface area contributed by atoms with Gasteiger partial charge in [0, 0.05) is 17.0 Å². The Morgan fingerprint density at radius 3 is 2.44 bits per heavy atom. The molecule has 0 aliphatic heterocycles. The SMILES string of the molecule is O=Cc1ccc(Sc2n[nH]c(C34CC5CC(CC(C5)C3)C4)n2)c([N+](=O)[O-])c1. The molecule has 1 aromatic carbocycles. The molecule has 0 spiro atoms. The first-order chi connectivity index (χ1) is 13.0. The third-order valence-electron chi connectivity index (χ3n) is 6.52. The normalized spacial score (nSPS) is 31.2. The first-order valence-electron chi connectivity index (χ1n) is 9.39. The molecule has 0 amide bonds. The van der Waals surface area contributed by atoms with Crippen molar-refractivity contribution < 1.29 is 9.72 Å². The smallest absolute Gasteiger partial charge is 0.284 e. The molecule has 0 unspecified atom stereocenters. The number of nitrogens with zero attached hydrogens (tertiary/aromatic N) is 3. The maximum absolute atomic E-state index is 11.3. The standard InChI is InChI=1S/C19H20N4O3S/c24-10-11-1-2-16(15(6-11)23(25)26)27-18-20-17(21-22-18)19-7-12-3-13(8-19)5-14(4-12)9-19/h1-2,6,10,12-14H,3-5,7-9H2,(H,20,21,22). The number of carbonyl (C=O) groups is 1. The lowest BCUT2D eigenvalue weighted by Gasteiger charge is -2.55. The molecule has 7 nitrogen and oxygen atoms in total. The number of nitrogens with one attached hydrogen (secondary N) is 1. The van der Waals surface area contributed by atoms with Crippen LogP contribution in [0, 0.1) is 27.9 Å². The van der Waals surface area contributed by atoms with E-state index >= 15 is 0 Å². The van der Waals surface area contributed by atoms with Crippen molar-refractivity contribution >= 4 is 23.7 Å². The molecule has 27 heavy (non-hydrogen) atoms. The molecule has 1 heterocycles. The van der Waals surface area contributed by atoms with Gasteiger partial charge in [0.2, 0.25) is 5.16 Å². The van der Waals surface area contributed by atoms with E-state index in [4.69, 9.17) is 4.98 Å². The van der Waals surface area contributed by atoms with Gasteiger partial charge < -0.3 is 0 Å². The van der Waals surface area contributed by atoms with Crippen LogP contribution in [0.15, 0.2) is 28.3 Å². The van der Waals surface area contributed by atoms with Gasteiger partial charge in [0.05, 0.1) is 9.82 Å². The van der Waals surface area contributed by atoms with Crippen molar-refractivity contribution in [1.82, 2.24) is 15.2 Å². The zero-order valence-electron chi connectivity index (χ0n) is 14.8. The minimum Gasteiger partial charge on any atom is -0.298 e. The van der Waals surface area contributed by atoms with Gasteiger partial charge in [-0.3, -0.25) is 20.0 Å². The Balaban J connectivity index is 1.42. The summed E-state index contributed by atoms with van der Waals surface area (Å²) in [7, 11) is 0. The van der Waals surface area contributed by atoms with Crippen molar-refractivity contribution in [3.8, 4) is 0 Å². The van der Waals surface area contributed by atoms with Crippen LogP contribution >= 0.6 is 11.8 Å². The van der Waals surface area contributed by atoms with Crippen LogP contribution in [0.1, 0.15) is 54.7 Å². The van der Waals surface area contributed by atoms with Crippen molar-refractivity contribution in [3.63, 3.8) is 0 Å². The van der Waals surface area contributed by atoms with Gasteiger partial charge in [0.15, 0.2) is 0 Å². The van der Waals surface area contributed by atoms with E-state index in [9.17, 15) is 14.9 Å². The topological polar surface area (TPSA) is 102 Å². The Morgan fingerprint density at radius 2 is 1.85 bits per heavy atom. The van der Waals surface area contributed by atoms with Gasteiger partial charge in [-0.05, 0) is 74.1 Å². The van der Waals surface area contributed by atoms with Crippen LogP contribution in [0.2, 0.25) is 0 Å². The van der Waals surface area contributed by atoms with Crippen LogP contribution in [-0.2, 0) is 5.41 Å². The van der Waals surface area contributed by atoms with Gasteiger partial charge in [-0.1, -0.05) is 6.07 Å². The molecule has 4 aliphatic rings. The number of hydrogen-bond donors (Lipinski definition) is 1. The molecule has 6 rings (SSSR count). The molecule has 4 bridgehead atoms. The molecule has 4 saturated carbocycles. The third kappa shape index (κ3) is 2.86. The minimum atomic E-state index is -0.470. The molecule has 0 atom stereocenters. The lowest BCUT2D eigenvalue weighted by atomic mass is 9.49. The van der Waals surface area contributed by atoms with E-state index in [0.717, 1.165) is 23.6 Å². The van der Waals surface area contributed by atoms with Crippen LogP contribution in [0.25, 0.3) is 0 Å². The average molecular weight is 384 g/mol. The molecule has 2 aromatic rings. The molecule has 0 saturated heterocycles. The quantitative estimate of drug-likeness (QED) is 0.472. The zero-order chi connectivity index (χ0) is 18.6. The number of benzene rings is 1. The zero-order valence-corrected chi connectivity index (χ0v) is 15.6. The monoisotopic (exact) mass is 384 g/mol. The Kier molecular flexibility index (Phi) is 3.86. The Hall–Kier alpha value is -2.22. The molecule has 0 radical (unpaired) electrons. The summed E-state index contributed by atoms with van der Waals surface area (Å²) < 4.78 is 0.